The van der Waals surface area contributed by atoms with Gasteiger partial charge in [-0.15, -0.1) is 11.3 Å². The lowest BCUT2D eigenvalue weighted by Crippen LogP contribution is -2.57. The molecule has 1 aliphatic heterocycles. The van der Waals surface area contributed by atoms with Crippen molar-refractivity contribution in [1.29, 1.82) is 0 Å². The normalized spacial score (nSPS) is 28.3. The zero-order valence-electron chi connectivity index (χ0n) is 13.0. The van der Waals surface area contributed by atoms with Crippen LogP contribution in [0.5, 0.6) is 0 Å². The van der Waals surface area contributed by atoms with Gasteiger partial charge in [-0.25, -0.2) is 8.42 Å². The van der Waals surface area contributed by atoms with Gasteiger partial charge in [0, 0.05) is 10.9 Å². The summed E-state index contributed by atoms with van der Waals surface area (Å²) in [5, 5.41) is 1.62. The zero-order chi connectivity index (χ0) is 15.9. The van der Waals surface area contributed by atoms with Crippen molar-refractivity contribution in [3.8, 4) is 0 Å². The molecule has 0 N–H and O–H groups in total. The number of thiophene rings is 1. The van der Waals surface area contributed by atoms with E-state index < -0.39 is 15.3 Å². The Morgan fingerprint density at radius 1 is 0.957 bits per heavy atom. The number of nitrogens with zero attached hydrogens (tertiary/aromatic N) is 1. The number of benzene rings is 1. The SMILES string of the molecule is O=S1(=O)[C@H](c2ccccc2)[C@@H](c2cccs2)N1C1CCCCC1. The van der Waals surface area contributed by atoms with Gasteiger partial charge in [0.1, 0.15) is 5.25 Å². The highest BCUT2D eigenvalue weighted by Gasteiger charge is 2.57. The Hall–Kier alpha value is -1.17. The molecular weight excluding hydrogens is 326 g/mol. The van der Waals surface area contributed by atoms with Crippen LogP contribution in [0.2, 0.25) is 0 Å². The van der Waals surface area contributed by atoms with Gasteiger partial charge in [0.15, 0.2) is 0 Å². The summed E-state index contributed by atoms with van der Waals surface area (Å²) < 4.78 is 28.0. The minimum atomic E-state index is -3.25. The maximum atomic E-state index is 13.1. The number of rotatable bonds is 3. The fourth-order valence-corrected chi connectivity index (χ4v) is 7.39. The predicted molar refractivity (Wildman–Crippen MR) is 93.9 cm³/mol. The summed E-state index contributed by atoms with van der Waals surface area (Å²) in [6.45, 7) is 0. The molecule has 0 bridgehead atoms. The van der Waals surface area contributed by atoms with Gasteiger partial charge in [-0.3, -0.25) is 0 Å². The highest BCUT2D eigenvalue weighted by atomic mass is 32.2. The van der Waals surface area contributed by atoms with Gasteiger partial charge >= 0.3 is 0 Å². The number of hydrogen-bond acceptors (Lipinski definition) is 3. The van der Waals surface area contributed by atoms with E-state index in [2.05, 4.69) is 6.07 Å². The van der Waals surface area contributed by atoms with E-state index in [1.165, 1.54) is 11.3 Å². The summed E-state index contributed by atoms with van der Waals surface area (Å²) in [5.41, 5.74) is 0.915. The molecule has 1 saturated carbocycles. The highest BCUT2D eigenvalue weighted by Crippen LogP contribution is 2.55. The van der Waals surface area contributed by atoms with E-state index in [1.54, 1.807) is 11.3 Å². The molecule has 1 saturated heterocycles. The molecule has 3 nitrogen and oxygen atoms in total. The standard InChI is InChI=1S/C18H21NO2S2/c20-23(21)18(14-8-3-1-4-9-14)17(16-12-7-13-22-16)19(23)15-10-5-2-6-11-15/h1,3-4,7-9,12-13,15,17-18H,2,5-6,10-11H2/t17-,18-/m1/s1. The van der Waals surface area contributed by atoms with Crippen molar-refractivity contribution in [1.82, 2.24) is 4.31 Å². The third-order valence-electron chi connectivity index (χ3n) is 5.07. The second kappa shape index (κ2) is 6.04. The molecular formula is C18H21NO2S2. The van der Waals surface area contributed by atoms with Gasteiger partial charge < -0.3 is 0 Å². The summed E-state index contributed by atoms with van der Waals surface area (Å²) in [6.07, 6.45) is 5.52. The van der Waals surface area contributed by atoms with E-state index in [4.69, 9.17) is 0 Å². The summed E-state index contributed by atoms with van der Waals surface area (Å²) in [5.74, 6) is 0. The fourth-order valence-electron chi connectivity index (χ4n) is 4.03. The molecule has 2 aromatic rings. The fraction of sp³-hybridized carbons (Fsp3) is 0.444. The minimum absolute atomic E-state index is 0.0227. The first-order chi connectivity index (χ1) is 11.2. The first kappa shape index (κ1) is 15.4. The molecule has 0 amide bonds. The lowest BCUT2D eigenvalue weighted by Gasteiger charge is -2.51. The lowest BCUT2D eigenvalue weighted by molar-refractivity contribution is 0.158. The van der Waals surface area contributed by atoms with Crippen LogP contribution in [0.25, 0.3) is 0 Å². The molecule has 2 atom stereocenters. The summed E-state index contributed by atoms with van der Waals surface area (Å²) >= 11 is 1.67. The minimum Gasteiger partial charge on any atom is -0.211 e. The van der Waals surface area contributed by atoms with Gasteiger partial charge in [-0.1, -0.05) is 55.7 Å². The number of hydrogen-bond donors (Lipinski definition) is 0. The molecule has 0 unspecified atom stereocenters. The smallest absolute Gasteiger partial charge is 0.211 e. The molecule has 0 spiro atoms. The van der Waals surface area contributed by atoms with Crippen LogP contribution >= 0.6 is 11.3 Å². The van der Waals surface area contributed by atoms with Crippen molar-refractivity contribution in [3.05, 3.63) is 58.3 Å². The summed E-state index contributed by atoms with van der Waals surface area (Å²) in [6, 6.07) is 13.9. The van der Waals surface area contributed by atoms with Gasteiger partial charge in [0.05, 0.1) is 6.04 Å². The van der Waals surface area contributed by atoms with E-state index in [0.717, 1.165) is 31.2 Å². The highest BCUT2D eigenvalue weighted by molar-refractivity contribution is 7.90. The average molecular weight is 348 g/mol. The third-order valence-corrected chi connectivity index (χ3v) is 8.30. The third kappa shape index (κ3) is 2.55. The van der Waals surface area contributed by atoms with E-state index in [-0.39, 0.29) is 12.1 Å². The Morgan fingerprint density at radius 3 is 2.35 bits per heavy atom. The topological polar surface area (TPSA) is 37.4 Å². The van der Waals surface area contributed by atoms with Crippen LogP contribution in [-0.4, -0.2) is 18.8 Å². The molecule has 0 radical (unpaired) electrons. The second-order valence-corrected chi connectivity index (χ2v) is 9.40. The van der Waals surface area contributed by atoms with Crippen LogP contribution in [0.15, 0.2) is 47.8 Å². The lowest BCUT2D eigenvalue weighted by atomic mass is 9.93. The van der Waals surface area contributed by atoms with E-state index in [1.807, 2.05) is 46.1 Å². The Balaban J connectivity index is 1.74. The van der Waals surface area contributed by atoms with Crippen molar-refractivity contribution in [2.75, 3.05) is 0 Å². The van der Waals surface area contributed by atoms with Crippen LogP contribution in [0.4, 0.5) is 0 Å². The molecule has 1 aliphatic carbocycles. The van der Waals surface area contributed by atoms with Crippen molar-refractivity contribution in [2.45, 2.75) is 49.4 Å². The largest absolute Gasteiger partial charge is 0.224 e. The Kier molecular flexibility index (Phi) is 4.03. The van der Waals surface area contributed by atoms with Gasteiger partial charge in [-0.05, 0) is 29.9 Å². The van der Waals surface area contributed by atoms with Crippen LogP contribution in [0.3, 0.4) is 0 Å². The first-order valence-electron chi connectivity index (χ1n) is 8.30. The maximum absolute atomic E-state index is 13.1. The van der Waals surface area contributed by atoms with Crippen molar-refractivity contribution in [2.24, 2.45) is 0 Å². The Bertz CT molecular complexity index is 750. The van der Waals surface area contributed by atoms with Crippen molar-refractivity contribution in [3.63, 3.8) is 0 Å². The Labute approximate surface area is 142 Å². The maximum Gasteiger partial charge on any atom is 0.224 e. The molecule has 5 heteroatoms. The first-order valence-corrected chi connectivity index (χ1v) is 10.7. The van der Waals surface area contributed by atoms with Crippen molar-refractivity contribution < 1.29 is 8.42 Å². The molecule has 2 fully saturated rings. The average Bonchev–Trinajstić information content (AvgIpc) is 3.09. The summed E-state index contributed by atoms with van der Waals surface area (Å²) in [4.78, 5) is 1.17. The van der Waals surface area contributed by atoms with E-state index >= 15 is 0 Å². The molecule has 4 rings (SSSR count). The van der Waals surface area contributed by atoms with E-state index in [9.17, 15) is 8.42 Å². The molecule has 122 valence electrons. The quantitative estimate of drug-likeness (QED) is 0.819. The zero-order valence-corrected chi connectivity index (χ0v) is 14.6. The van der Waals surface area contributed by atoms with Crippen LogP contribution in [0, 0.1) is 0 Å². The molecule has 2 heterocycles. The molecule has 1 aromatic heterocycles. The van der Waals surface area contributed by atoms with Gasteiger partial charge in [-0.2, -0.15) is 4.31 Å². The molecule has 23 heavy (non-hydrogen) atoms. The van der Waals surface area contributed by atoms with Crippen LogP contribution in [-0.2, 0) is 10.0 Å². The number of sulfonamides is 1. The van der Waals surface area contributed by atoms with Crippen molar-refractivity contribution >= 4 is 21.4 Å². The second-order valence-electron chi connectivity index (χ2n) is 6.46. The van der Waals surface area contributed by atoms with E-state index in [0.29, 0.717) is 0 Å². The monoisotopic (exact) mass is 347 g/mol. The molecule has 2 aliphatic rings. The summed E-state index contributed by atoms with van der Waals surface area (Å²) in [7, 11) is -3.25. The Morgan fingerprint density at radius 2 is 1.70 bits per heavy atom. The van der Waals surface area contributed by atoms with Crippen LogP contribution < -0.4 is 0 Å². The van der Waals surface area contributed by atoms with Crippen LogP contribution in [0.1, 0.15) is 53.8 Å². The van der Waals surface area contributed by atoms with Gasteiger partial charge in [0.2, 0.25) is 10.0 Å². The van der Waals surface area contributed by atoms with Gasteiger partial charge in [0.25, 0.3) is 0 Å². The predicted octanol–water partition coefficient (Wildman–Crippen LogP) is 4.51. The molecule has 1 aromatic carbocycles.